The average molecular weight is 281 g/mol. The Hall–Kier alpha value is -1.63. The van der Waals surface area contributed by atoms with Gasteiger partial charge in [0.2, 0.25) is 5.95 Å². The Morgan fingerprint density at radius 3 is 2.60 bits per heavy atom. The molecule has 0 bridgehead atoms. The van der Waals surface area contributed by atoms with Crippen LogP contribution in [0.5, 0.6) is 12.0 Å². The molecule has 2 atom stereocenters. The van der Waals surface area contributed by atoms with Crippen LogP contribution >= 0.6 is 0 Å². The van der Waals surface area contributed by atoms with E-state index in [4.69, 9.17) is 15.3 Å². The van der Waals surface area contributed by atoms with Gasteiger partial charge in [-0.15, -0.1) is 4.98 Å². The number of nitrogens with two attached hydrogens (primary N) is 1. The standard InChI is InChI=1S/C13H23N5O2/c1-8(2)19-12-15-11(18-14)16-13(17-12)20-10-6-4-5-9(3)7-10/h8-10H,4-7,14H2,1-3H3,(H,15,16,17,18). The summed E-state index contributed by atoms with van der Waals surface area (Å²) in [6.45, 7) is 6.05. The largest absolute Gasteiger partial charge is 0.461 e. The molecule has 20 heavy (non-hydrogen) atoms. The van der Waals surface area contributed by atoms with E-state index < -0.39 is 0 Å². The minimum Gasteiger partial charge on any atom is -0.461 e. The van der Waals surface area contributed by atoms with Crippen LogP contribution in [-0.4, -0.2) is 27.2 Å². The molecule has 2 unspecified atom stereocenters. The number of anilines is 1. The Bertz CT molecular complexity index is 441. The van der Waals surface area contributed by atoms with Crippen LogP contribution in [0.15, 0.2) is 0 Å². The van der Waals surface area contributed by atoms with Crippen LogP contribution in [0, 0.1) is 5.92 Å². The van der Waals surface area contributed by atoms with Gasteiger partial charge >= 0.3 is 12.0 Å². The first kappa shape index (κ1) is 14.8. The van der Waals surface area contributed by atoms with Crippen molar-refractivity contribution in [1.29, 1.82) is 0 Å². The molecule has 2 rings (SSSR count). The van der Waals surface area contributed by atoms with Crippen LogP contribution in [0.25, 0.3) is 0 Å². The quantitative estimate of drug-likeness (QED) is 0.628. The van der Waals surface area contributed by atoms with Crippen LogP contribution in [-0.2, 0) is 0 Å². The van der Waals surface area contributed by atoms with Crippen molar-refractivity contribution in [2.75, 3.05) is 5.43 Å². The lowest BCUT2D eigenvalue weighted by Crippen LogP contribution is -2.25. The zero-order chi connectivity index (χ0) is 14.5. The van der Waals surface area contributed by atoms with Crippen molar-refractivity contribution in [2.45, 2.75) is 58.7 Å². The van der Waals surface area contributed by atoms with Gasteiger partial charge in [0.05, 0.1) is 6.10 Å². The van der Waals surface area contributed by atoms with E-state index in [0.717, 1.165) is 12.8 Å². The maximum Gasteiger partial charge on any atom is 0.324 e. The molecule has 1 fully saturated rings. The third-order valence-corrected chi connectivity index (χ3v) is 3.22. The molecule has 3 N–H and O–H groups in total. The molecule has 112 valence electrons. The van der Waals surface area contributed by atoms with Gasteiger partial charge < -0.3 is 9.47 Å². The Kier molecular flexibility index (Phi) is 4.94. The van der Waals surface area contributed by atoms with Crippen molar-refractivity contribution in [3.8, 4) is 12.0 Å². The first-order valence-electron chi connectivity index (χ1n) is 7.13. The first-order valence-corrected chi connectivity index (χ1v) is 7.13. The van der Waals surface area contributed by atoms with Gasteiger partial charge in [0.15, 0.2) is 0 Å². The maximum absolute atomic E-state index is 5.85. The molecule has 0 saturated heterocycles. The molecule has 0 amide bonds. The normalized spacial score (nSPS) is 22.6. The number of hydrogen-bond acceptors (Lipinski definition) is 7. The van der Waals surface area contributed by atoms with E-state index in [-0.39, 0.29) is 30.2 Å². The molecule has 7 nitrogen and oxygen atoms in total. The lowest BCUT2D eigenvalue weighted by molar-refractivity contribution is 0.115. The molecule has 0 spiro atoms. The highest BCUT2D eigenvalue weighted by atomic mass is 16.5. The number of hydrazine groups is 1. The summed E-state index contributed by atoms with van der Waals surface area (Å²) in [5, 5.41) is 0. The van der Waals surface area contributed by atoms with Gasteiger partial charge in [-0.2, -0.15) is 9.97 Å². The summed E-state index contributed by atoms with van der Waals surface area (Å²) in [4.78, 5) is 12.3. The fraction of sp³-hybridized carbons (Fsp3) is 0.769. The van der Waals surface area contributed by atoms with Crippen LogP contribution < -0.4 is 20.7 Å². The van der Waals surface area contributed by atoms with E-state index in [2.05, 4.69) is 27.3 Å². The molecule has 1 aromatic heterocycles. The van der Waals surface area contributed by atoms with E-state index in [9.17, 15) is 0 Å². The van der Waals surface area contributed by atoms with Gasteiger partial charge in [0.1, 0.15) is 6.10 Å². The molecular formula is C13H23N5O2. The number of hydrogen-bond donors (Lipinski definition) is 2. The van der Waals surface area contributed by atoms with Gasteiger partial charge in [-0.25, -0.2) is 5.84 Å². The molecule has 0 radical (unpaired) electrons. The van der Waals surface area contributed by atoms with Gasteiger partial charge in [0, 0.05) is 0 Å². The van der Waals surface area contributed by atoms with Crippen LogP contribution in [0.1, 0.15) is 46.5 Å². The molecular weight excluding hydrogens is 258 g/mol. The zero-order valence-electron chi connectivity index (χ0n) is 12.3. The highest BCUT2D eigenvalue weighted by Crippen LogP contribution is 2.26. The molecule has 1 heterocycles. The van der Waals surface area contributed by atoms with E-state index in [0.29, 0.717) is 5.92 Å². The number of nitrogens with one attached hydrogen (secondary N) is 1. The third kappa shape index (κ3) is 4.19. The first-order chi connectivity index (χ1) is 9.56. The topological polar surface area (TPSA) is 95.2 Å². The predicted molar refractivity (Wildman–Crippen MR) is 75.4 cm³/mol. The Morgan fingerprint density at radius 2 is 1.95 bits per heavy atom. The van der Waals surface area contributed by atoms with E-state index in [1.54, 1.807) is 0 Å². The molecule has 0 aliphatic heterocycles. The number of rotatable bonds is 5. The van der Waals surface area contributed by atoms with Crippen LogP contribution in [0.3, 0.4) is 0 Å². The van der Waals surface area contributed by atoms with Crippen LogP contribution in [0.4, 0.5) is 5.95 Å². The zero-order valence-corrected chi connectivity index (χ0v) is 12.3. The van der Waals surface area contributed by atoms with Crippen LogP contribution in [0.2, 0.25) is 0 Å². The van der Waals surface area contributed by atoms with E-state index >= 15 is 0 Å². The number of ether oxygens (including phenoxy) is 2. The monoisotopic (exact) mass is 281 g/mol. The molecule has 0 aromatic carbocycles. The third-order valence-electron chi connectivity index (χ3n) is 3.22. The predicted octanol–water partition coefficient (Wildman–Crippen LogP) is 1.90. The van der Waals surface area contributed by atoms with Gasteiger partial charge in [-0.1, -0.05) is 13.3 Å². The second kappa shape index (κ2) is 6.69. The average Bonchev–Trinajstić information content (AvgIpc) is 2.37. The van der Waals surface area contributed by atoms with E-state index in [1.807, 2.05) is 13.8 Å². The van der Waals surface area contributed by atoms with Crippen molar-refractivity contribution in [3.63, 3.8) is 0 Å². The molecule has 1 aliphatic carbocycles. The summed E-state index contributed by atoms with van der Waals surface area (Å²) in [5.74, 6) is 6.28. The summed E-state index contributed by atoms with van der Waals surface area (Å²) >= 11 is 0. The SMILES string of the molecule is CC1CCCC(Oc2nc(NN)nc(OC(C)C)n2)C1. The van der Waals surface area contributed by atoms with Gasteiger partial charge in [-0.3, -0.25) is 5.43 Å². The molecule has 7 heteroatoms. The number of nitrogen functional groups attached to an aromatic ring is 1. The summed E-state index contributed by atoms with van der Waals surface area (Å²) < 4.78 is 11.3. The summed E-state index contributed by atoms with van der Waals surface area (Å²) in [7, 11) is 0. The summed E-state index contributed by atoms with van der Waals surface area (Å²) in [6, 6.07) is 0.490. The van der Waals surface area contributed by atoms with Gasteiger partial charge in [0.25, 0.3) is 0 Å². The van der Waals surface area contributed by atoms with Crippen molar-refractivity contribution < 1.29 is 9.47 Å². The lowest BCUT2D eigenvalue weighted by atomic mass is 9.89. The van der Waals surface area contributed by atoms with Crippen molar-refractivity contribution in [3.05, 3.63) is 0 Å². The highest BCUT2D eigenvalue weighted by molar-refractivity contribution is 5.25. The second-order valence-electron chi connectivity index (χ2n) is 5.55. The molecule has 1 aliphatic rings. The van der Waals surface area contributed by atoms with E-state index in [1.165, 1.54) is 12.8 Å². The Labute approximate surface area is 119 Å². The molecule has 1 aromatic rings. The van der Waals surface area contributed by atoms with Crippen molar-refractivity contribution in [2.24, 2.45) is 11.8 Å². The second-order valence-corrected chi connectivity index (χ2v) is 5.55. The van der Waals surface area contributed by atoms with Gasteiger partial charge in [-0.05, 0) is 39.0 Å². The van der Waals surface area contributed by atoms with Crippen molar-refractivity contribution >= 4 is 5.95 Å². The minimum atomic E-state index is -0.0226. The minimum absolute atomic E-state index is 0.0226. The highest BCUT2D eigenvalue weighted by Gasteiger charge is 2.22. The summed E-state index contributed by atoms with van der Waals surface area (Å²) in [5.41, 5.74) is 2.40. The molecule has 1 saturated carbocycles. The Morgan fingerprint density at radius 1 is 1.20 bits per heavy atom. The fourth-order valence-corrected chi connectivity index (χ4v) is 2.35. The number of aromatic nitrogens is 3. The smallest absolute Gasteiger partial charge is 0.324 e. The summed E-state index contributed by atoms with van der Waals surface area (Å²) in [6.07, 6.45) is 4.62. The maximum atomic E-state index is 5.85. The fourth-order valence-electron chi connectivity index (χ4n) is 2.35. The van der Waals surface area contributed by atoms with Crippen molar-refractivity contribution in [1.82, 2.24) is 15.0 Å². The Balaban J connectivity index is 2.09. The number of nitrogens with zero attached hydrogens (tertiary/aromatic N) is 3. The lowest BCUT2D eigenvalue weighted by Gasteiger charge is -2.26.